The van der Waals surface area contributed by atoms with E-state index >= 15 is 0 Å². The van der Waals surface area contributed by atoms with Crippen molar-refractivity contribution in [3.05, 3.63) is 41.5 Å². The highest BCUT2D eigenvalue weighted by atomic mass is 19.1. The molecule has 0 aliphatic rings. The van der Waals surface area contributed by atoms with E-state index in [1.165, 1.54) is 16.8 Å². The summed E-state index contributed by atoms with van der Waals surface area (Å²) < 4.78 is 14.3. The highest BCUT2D eigenvalue weighted by Crippen LogP contribution is 2.11. The van der Waals surface area contributed by atoms with Gasteiger partial charge in [-0.05, 0) is 25.1 Å². The highest BCUT2D eigenvalue weighted by Gasteiger charge is 2.09. The molecule has 2 aromatic rings. The fraction of sp³-hybridized carbons (Fsp3) is 0.100. The van der Waals surface area contributed by atoms with E-state index in [4.69, 9.17) is 0 Å². The van der Waals surface area contributed by atoms with Gasteiger partial charge in [0.25, 0.3) is 0 Å². The average Bonchev–Trinajstić information content (AvgIpc) is 2.59. The van der Waals surface area contributed by atoms with Crippen molar-refractivity contribution in [1.82, 2.24) is 15.0 Å². The lowest BCUT2D eigenvalue weighted by Gasteiger charge is -2.01. The second kappa shape index (κ2) is 3.61. The first-order valence-electron chi connectivity index (χ1n) is 4.36. The van der Waals surface area contributed by atoms with Crippen LogP contribution in [-0.2, 0) is 0 Å². The van der Waals surface area contributed by atoms with Crippen molar-refractivity contribution in [1.29, 1.82) is 0 Å². The number of aryl methyl sites for hydroxylation is 1. The Balaban J connectivity index is 2.58. The van der Waals surface area contributed by atoms with Crippen LogP contribution in [0.15, 0.2) is 24.3 Å². The Hall–Kier alpha value is -2.04. The number of benzene rings is 1. The van der Waals surface area contributed by atoms with Crippen LogP contribution in [0.3, 0.4) is 0 Å². The van der Waals surface area contributed by atoms with Gasteiger partial charge >= 0.3 is 0 Å². The minimum atomic E-state index is -0.377. The minimum absolute atomic E-state index is 0.334. The molecule has 0 amide bonds. The van der Waals surface area contributed by atoms with Gasteiger partial charge < -0.3 is 0 Å². The Bertz CT molecular complexity index is 507. The van der Waals surface area contributed by atoms with E-state index in [2.05, 4.69) is 10.3 Å². The smallest absolute Gasteiger partial charge is 0.170 e. The molecule has 1 heterocycles. The van der Waals surface area contributed by atoms with E-state index in [0.717, 1.165) is 0 Å². The third-order valence-corrected chi connectivity index (χ3v) is 2.05. The van der Waals surface area contributed by atoms with Crippen LogP contribution in [0.25, 0.3) is 5.69 Å². The van der Waals surface area contributed by atoms with Crippen molar-refractivity contribution in [2.45, 2.75) is 6.92 Å². The summed E-state index contributed by atoms with van der Waals surface area (Å²) in [5.74, 6) is -0.377. The van der Waals surface area contributed by atoms with Crippen molar-refractivity contribution >= 4 is 6.29 Å². The van der Waals surface area contributed by atoms with Gasteiger partial charge in [0.05, 0.1) is 11.4 Å². The molecule has 0 aliphatic heterocycles. The fourth-order valence-corrected chi connectivity index (χ4v) is 1.30. The number of carbonyl (C=O) groups excluding carboxylic acids is 1. The Labute approximate surface area is 85.3 Å². The number of hydrogen-bond acceptors (Lipinski definition) is 3. The third kappa shape index (κ3) is 1.63. The Morgan fingerprint density at radius 2 is 2.27 bits per heavy atom. The summed E-state index contributed by atoms with van der Waals surface area (Å²) in [6, 6.07) is 5.83. The first kappa shape index (κ1) is 9.51. The molecule has 0 saturated heterocycles. The Morgan fingerprint density at radius 3 is 2.93 bits per heavy atom. The molecule has 5 heteroatoms. The zero-order chi connectivity index (χ0) is 10.8. The fourth-order valence-electron chi connectivity index (χ4n) is 1.30. The van der Waals surface area contributed by atoms with Crippen LogP contribution in [0.2, 0.25) is 0 Å². The molecule has 1 aromatic carbocycles. The maximum absolute atomic E-state index is 12.9. The van der Waals surface area contributed by atoms with Gasteiger partial charge in [-0.3, -0.25) is 4.79 Å². The molecule has 2 rings (SSSR count). The van der Waals surface area contributed by atoms with E-state index in [0.29, 0.717) is 23.4 Å². The maximum atomic E-state index is 12.9. The average molecular weight is 205 g/mol. The number of halogens is 1. The SMILES string of the molecule is Cc1nnn(-c2cccc(F)c2)c1C=O. The van der Waals surface area contributed by atoms with Crippen LogP contribution in [0.5, 0.6) is 0 Å². The van der Waals surface area contributed by atoms with Crippen molar-refractivity contribution in [2.75, 3.05) is 0 Å². The molecule has 0 unspecified atom stereocenters. The van der Waals surface area contributed by atoms with E-state index in [1.54, 1.807) is 19.1 Å². The predicted molar refractivity (Wildman–Crippen MR) is 51.4 cm³/mol. The molecule has 0 spiro atoms. The highest BCUT2D eigenvalue weighted by molar-refractivity contribution is 5.74. The molecular formula is C10H8FN3O. The van der Waals surface area contributed by atoms with Gasteiger partial charge in [-0.15, -0.1) is 5.10 Å². The van der Waals surface area contributed by atoms with E-state index in [9.17, 15) is 9.18 Å². The van der Waals surface area contributed by atoms with Gasteiger partial charge in [-0.25, -0.2) is 9.07 Å². The summed E-state index contributed by atoms with van der Waals surface area (Å²) in [5, 5.41) is 7.52. The second-order valence-electron chi connectivity index (χ2n) is 3.07. The van der Waals surface area contributed by atoms with Crippen molar-refractivity contribution < 1.29 is 9.18 Å². The van der Waals surface area contributed by atoms with Gasteiger partial charge in [0.1, 0.15) is 11.5 Å². The van der Waals surface area contributed by atoms with Crippen LogP contribution in [0.1, 0.15) is 16.2 Å². The summed E-state index contributed by atoms with van der Waals surface area (Å²) in [4.78, 5) is 10.8. The number of aldehydes is 1. The van der Waals surface area contributed by atoms with E-state index in [1.807, 2.05) is 0 Å². The standard InChI is InChI=1S/C10H8FN3O/c1-7-10(6-15)14(13-12-7)9-4-2-3-8(11)5-9/h2-6H,1H3. The van der Waals surface area contributed by atoms with E-state index in [-0.39, 0.29) is 5.82 Å². The summed E-state index contributed by atoms with van der Waals surface area (Å²) in [6.07, 6.45) is 0.653. The molecule has 1 aromatic heterocycles. The van der Waals surface area contributed by atoms with Crippen LogP contribution >= 0.6 is 0 Å². The molecule has 0 radical (unpaired) electrons. The molecule has 4 nitrogen and oxygen atoms in total. The lowest BCUT2D eigenvalue weighted by Crippen LogP contribution is -2.02. The lowest BCUT2D eigenvalue weighted by molar-refractivity contribution is 0.111. The second-order valence-corrected chi connectivity index (χ2v) is 3.07. The number of nitrogens with zero attached hydrogens (tertiary/aromatic N) is 3. The Kier molecular flexibility index (Phi) is 2.29. The minimum Gasteiger partial charge on any atom is -0.296 e. The summed E-state index contributed by atoms with van der Waals surface area (Å²) in [7, 11) is 0. The number of carbonyl (C=O) groups is 1. The van der Waals surface area contributed by atoms with Gasteiger partial charge in [0.15, 0.2) is 6.29 Å². The van der Waals surface area contributed by atoms with Crippen LogP contribution in [0.4, 0.5) is 4.39 Å². The van der Waals surface area contributed by atoms with Crippen LogP contribution in [0, 0.1) is 12.7 Å². The summed E-state index contributed by atoms with van der Waals surface area (Å²) in [5.41, 5.74) is 1.34. The van der Waals surface area contributed by atoms with Crippen molar-refractivity contribution in [3.63, 3.8) is 0 Å². The van der Waals surface area contributed by atoms with Gasteiger partial charge in [-0.2, -0.15) is 0 Å². The van der Waals surface area contributed by atoms with Gasteiger partial charge in [-0.1, -0.05) is 11.3 Å². The first-order valence-corrected chi connectivity index (χ1v) is 4.36. The number of aromatic nitrogens is 3. The lowest BCUT2D eigenvalue weighted by atomic mass is 10.3. The molecule has 76 valence electrons. The number of rotatable bonds is 2. The zero-order valence-electron chi connectivity index (χ0n) is 8.01. The molecule has 0 N–H and O–H groups in total. The normalized spacial score (nSPS) is 10.3. The maximum Gasteiger partial charge on any atom is 0.170 e. The van der Waals surface area contributed by atoms with Crippen LogP contribution in [-0.4, -0.2) is 21.3 Å². The van der Waals surface area contributed by atoms with Gasteiger partial charge in [0.2, 0.25) is 0 Å². The zero-order valence-corrected chi connectivity index (χ0v) is 8.01. The Morgan fingerprint density at radius 1 is 1.47 bits per heavy atom. The van der Waals surface area contributed by atoms with Crippen LogP contribution < -0.4 is 0 Å². The molecule has 0 saturated carbocycles. The third-order valence-electron chi connectivity index (χ3n) is 2.05. The quantitative estimate of drug-likeness (QED) is 0.698. The van der Waals surface area contributed by atoms with Crippen molar-refractivity contribution in [2.24, 2.45) is 0 Å². The largest absolute Gasteiger partial charge is 0.296 e. The predicted octanol–water partition coefficient (Wildman–Crippen LogP) is 1.53. The topological polar surface area (TPSA) is 47.8 Å². The molecule has 15 heavy (non-hydrogen) atoms. The molecule has 0 aliphatic carbocycles. The monoisotopic (exact) mass is 205 g/mol. The first-order chi connectivity index (χ1) is 7.22. The molecule has 0 bridgehead atoms. The number of hydrogen-bond donors (Lipinski definition) is 0. The van der Waals surface area contributed by atoms with Gasteiger partial charge in [0, 0.05) is 0 Å². The van der Waals surface area contributed by atoms with E-state index < -0.39 is 0 Å². The van der Waals surface area contributed by atoms with Crippen molar-refractivity contribution in [3.8, 4) is 5.69 Å². The summed E-state index contributed by atoms with van der Waals surface area (Å²) in [6.45, 7) is 1.67. The molecule has 0 fully saturated rings. The summed E-state index contributed by atoms with van der Waals surface area (Å²) >= 11 is 0. The molecular weight excluding hydrogens is 197 g/mol. The molecule has 0 atom stereocenters.